The van der Waals surface area contributed by atoms with E-state index in [2.05, 4.69) is 21.2 Å². The summed E-state index contributed by atoms with van der Waals surface area (Å²) >= 11 is 3.39. The summed E-state index contributed by atoms with van der Waals surface area (Å²) < 4.78 is 11.7. The van der Waals surface area contributed by atoms with Gasteiger partial charge in [0, 0.05) is 56.5 Å². The second kappa shape index (κ2) is 9.03. The van der Waals surface area contributed by atoms with Crippen molar-refractivity contribution in [1.29, 1.82) is 0 Å². The van der Waals surface area contributed by atoms with Gasteiger partial charge in [-0.25, -0.2) is 4.79 Å². The summed E-state index contributed by atoms with van der Waals surface area (Å²) in [5, 5.41) is 2.93. The lowest BCUT2D eigenvalue weighted by Crippen LogP contribution is -2.57. The molecule has 2 saturated heterocycles. The number of hydrogen-bond donors (Lipinski definition) is 1. The standard InChI is InChI=1S/C19H26BrN3O4/c1-26-11-2-9-23-17(24)7-10-22(13-19(23)8-12-27-14-19)18(25)21-16-5-3-15(20)4-6-16/h3-6H,2,7-14H2,1H3,(H,21,25). The molecular weight excluding hydrogens is 414 g/mol. The summed E-state index contributed by atoms with van der Waals surface area (Å²) in [7, 11) is 1.66. The van der Waals surface area contributed by atoms with E-state index in [-0.39, 0.29) is 11.9 Å². The van der Waals surface area contributed by atoms with Crippen molar-refractivity contribution >= 4 is 33.6 Å². The van der Waals surface area contributed by atoms with Gasteiger partial charge in [0.15, 0.2) is 0 Å². The van der Waals surface area contributed by atoms with E-state index in [1.165, 1.54) is 0 Å². The Hall–Kier alpha value is -1.64. The molecule has 27 heavy (non-hydrogen) atoms. The molecule has 1 atom stereocenters. The Morgan fingerprint density at radius 1 is 1.37 bits per heavy atom. The van der Waals surface area contributed by atoms with Crippen molar-refractivity contribution in [3.05, 3.63) is 28.7 Å². The van der Waals surface area contributed by atoms with Crippen LogP contribution in [-0.4, -0.2) is 73.8 Å². The topological polar surface area (TPSA) is 71.1 Å². The molecule has 3 rings (SSSR count). The first-order valence-electron chi connectivity index (χ1n) is 9.23. The van der Waals surface area contributed by atoms with Gasteiger partial charge in [0.2, 0.25) is 5.91 Å². The minimum absolute atomic E-state index is 0.0792. The van der Waals surface area contributed by atoms with E-state index in [9.17, 15) is 9.59 Å². The molecule has 0 aliphatic carbocycles. The van der Waals surface area contributed by atoms with Gasteiger partial charge in [-0.2, -0.15) is 0 Å². The van der Waals surface area contributed by atoms with Crippen molar-refractivity contribution in [1.82, 2.24) is 9.80 Å². The number of ether oxygens (including phenoxy) is 2. The number of halogens is 1. The van der Waals surface area contributed by atoms with E-state index in [1.54, 1.807) is 12.0 Å². The number of amides is 3. The normalized spacial score (nSPS) is 23.0. The average Bonchev–Trinajstić information content (AvgIpc) is 3.07. The Morgan fingerprint density at radius 3 is 2.81 bits per heavy atom. The van der Waals surface area contributed by atoms with Crippen LogP contribution in [0.1, 0.15) is 19.3 Å². The summed E-state index contributed by atoms with van der Waals surface area (Å²) in [5.41, 5.74) is 0.283. The minimum atomic E-state index is -0.446. The Morgan fingerprint density at radius 2 is 2.15 bits per heavy atom. The van der Waals surface area contributed by atoms with Crippen molar-refractivity contribution in [2.45, 2.75) is 24.8 Å². The highest BCUT2D eigenvalue weighted by Gasteiger charge is 2.46. The van der Waals surface area contributed by atoms with Gasteiger partial charge in [-0.05, 0) is 37.1 Å². The van der Waals surface area contributed by atoms with Gasteiger partial charge in [-0.15, -0.1) is 0 Å². The monoisotopic (exact) mass is 439 g/mol. The van der Waals surface area contributed by atoms with E-state index < -0.39 is 5.54 Å². The highest BCUT2D eigenvalue weighted by molar-refractivity contribution is 9.10. The van der Waals surface area contributed by atoms with Crippen LogP contribution in [0.2, 0.25) is 0 Å². The number of urea groups is 1. The highest BCUT2D eigenvalue weighted by Crippen LogP contribution is 2.31. The van der Waals surface area contributed by atoms with E-state index in [0.717, 1.165) is 23.0 Å². The molecule has 2 fully saturated rings. The molecule has 2 aliphatic rings. The number of nitrogens with zero attached hydrogens (tertiary/aromatic N) is 2. The number of carbonyl (C=O) groups excluding carboxylic acids is 2. The van der Waals surface area contributed by atoms with Gasteiger partial charge in [-0.3, -0.25) is 4.79 Å². The van der Waals surface area contributed by atoms with Crippen molar-refractivity contribution in [2.75, 3.05) is 51.9 Å². The zero-order valence-electron chi connectivity index (χ0n) is 15.6. The molecule has 0 radical (unpaired) electrons. The number of rotatable bonds is 5. The van der Waals surface area contributed by atoms with Crippen LogP contribution in [0.4, 0.5) is 10.5 Å². The Kier molecular flexibility index (Phi) is 6.73. The third-order valence-electron chi connectivity index (χ3n) is 5.15. The third kappa shape index (κ3) is 4.80. The smallest absolute Gasteiger partial charge is 0.321 e. The molecule has 3 amide bonds. The van der Waals surface area contributed by atoms with Crippen LogP contribution >= 0.6 is 15.9 Å². The van der Waals surface area contributed by atoms with Crippen molar-refractivity contribution in [2.24, 2.45) is 0 Å². The SMILES string of the molecule is COCCCN1C(=O)CCN(C(=O)Nc2ccc(Br)cc2)CC12CCOC2. The van der Waals surface area contributed by atoms with Gasteiger partial charge in [0.1, 0.15) is 0 Å². The largest absolute Gasteiger partial charge is 0.385 e. The van der Waals surface area contributed by atoms with Crippen LogP contribution in [0.3, 0.4) is 0 Å². The molecule has 2 aliphatic heterocycles. The molecule has 1 spiro atoms. The second-order valence-corrected chi connectivity index (χ2v) is 7.94. The fourth-order valence-electron chi connectivity index (χ4n) is 3.72. The van der Waals surface area contributed by atoms with Crippen molar-refractivity contribution in [3.63, 3.8) is 0 Å². The molecule has 148 valence electrons. The second-order valence-electron chi connectivity index (χ2n) is 7.03. The summed E-state index contributed by atoms with van der Waals surface area (Å²) in [6.07, 6.45) is 1.84. The van der Waals surface area contributed by atoms with Gasteiger partial charge < -0.3 is 24.6 Å². The van der Waals surface area contributed by atoms with E-state index in [4.69, 9.17) is 9.47 Å². The molecular formula is C19H26BrN3O4. The van der Waals surface area contributed by atoms with Crippen LogP contribution in [0, 0.1) is 0 Å². The maximum Gasteiger partial charge on any atom is 0.321 e. The fourth-order valence-corrected chi connectivity index (χ4v) is 3.99. The molecule has 1 aromatic carbocycles. The molecule has 8 heteroatoms. The quantitative estimate of drug-likeness (QED) is 0.715. The molecule has 1 N–H and O–H groups in total. The first kappa shape index (κ1) is 20.1. The molecule has 7 nitrogen and oxygen atoms in total. The summed E-state index contributed by atoms with van der Waals surface area (Å²) in [4.78, 5) is 29.3. The maximum absolute atomic E-state index is 12.8. The van der Waals surface area contributed by atoms with Crippen molar-refractivity contribution < 1.29 is 19.1 Å². The van der Waals surface area contributed by atoms with Crippen LogP contribution in [0.15, 0.2) is 28.7 Å². The first-order chi connectivity index (χ1) is 13.0. The predicted molar refractivity (Wildman–Crippen MR) is 106 cm³/mol. The lowest BCUT2D eigenvalue weighted by atomic mass is 9.95. The maximum atomic E-state index is 12.8. The van der Waals surface area contributed by atoms with E-state index >= 15 is 0 Å². The number of carbonyl (C=O) groups is 2. The first-order valence-corrected chi connectivity index (χ1v) is 10.0. The van der Waals surface area contributed by atoms with E-state index in [1.807, 2.05) is 29.2 Å². The van der Waals surface area contributed by atoms with Gasteiger partial charge >= 0.3 is 6.03 Å². The Balaban J connectivity index is 1.73. The molecule has 0 saturated carbocycles. The Labute approximate surface area is 168 Å². The predicted octanol–water partition coefficient (Wildman–Crippen LogP) is 2.71. The summed E-state index contributed by atoms with van der Waals surface area (Å²) in [5.74, 6) is 0.0792. The number of nitrogens with one attached hydrogen (secondary N) is 1. The number of anilines is 1. The zero-order chi connectivity index (χ0) is 19.3. The highest BCUT2D eigenvalue weighted by atomic mass is 79.9. The van der Waals surface area contributed by atoms with Crippen LogP contribution < -0.4 is 5.32 Å². The van der Waals surface area contributed by atoms with Crippen LogP contribution in [-0.2, 0) is 14.3 Å². The third-order valence-corrected chi connectivity index (χ3v) is 5.68. The lowest BCUT2D eigenvalue weighted by molar-refractivity contribution is -0.136. The lowest BCUT2D eigenvalue weighted by Gasteiger charge is -2.40. The van der Waals surface area contributed by atoms with Crippen LogP contribution in [0.25, 0.3) is 0 Å². The minimum Gasteiger partial charge on any atom is -0.385 e. The molecule has 2 heterocycles. The zero-order valence-corrected chi connectivity index (χ0v) is 17.2. The number of methoxy groups -OCH3 is 1. The summed E-state index contributed by atoms with van der Waals surface area (Å²) in [6.45, 7) is 3.19. The molecule has 1 unspecified atom stereocenters. The summed E-state index contributed by atoms with van der Waals surface area (Å²) in [6, 6.07) is 7.26. The van der Waals surface area contributed by atoms with Gasteiger partial charge in [0.05, 0.1) is 12.1 Å². The fraction of sp³-hybridized carbons (Fsp3) is 0.579. The molecule has 1 aromatic rings. The van der Waals surface area contributed by atoms with Crippen LogP contribution in [0.5, 0.6) is 0 Å². The molecule has 0 aromatic heterocycles. The Bertz CT molecular complexity index is 661. The van der Waals surface area contributed by atoms with E-state index in [0.29, 0.717) is 45.9 Å². The van der Waals surface area contributed by atoms with Crippen molar-refractivity contribution in [3.8, 4) is 0 Å². The van der Waals surface area contributed by atoms with Gasteiger partial charge in [0.25, 0.3) is 0 Å². The molecule has 0 bridgehead atoms. The average molecular weight is 440 g/mol. The number of benzene rings is 1. The number of hydrogen-bond acceptors (Lipinski definition) is 4. The van der Waals surface area contributed by atoms with Gasteiger partial charge in [-0.1, -0.05) is 15.9 Å².